The van der Waals surface area contributed by atoms with E-state index in [2.05, 4.69) is 21.8 Å². The van der Waals surface area contributed by atoms with Gasteiger partial charge in [-0.15, -0.1) is 0 Å². The zero-order chi connectivity index (χ0) is 13.2. The van der Waals surface area contributed by atoms with Gasteiger partial charge in [-0.3, -0.25) is 0 Å². The average Bonchev–Trinajstić information content (AvgIpc) is 2.75. The maximum Gasteiger partial charge on any atom is 0.109 e. The third-order valence-electron chi connectivity index (χ3n) is 2.89. The maximum absolute atomic E-state index is 5.51. The highest BCUT2D eigenvalue weighted by molar-refractivity contribution is 4.94. The van der Waals surface area contributed by atoms with Crippen LogP contribution in [-0.2, 0) is 22.9 Å². The van der Waals surface area contributed by atoms with Gasteiger partial charge in [0.2, 0.25) is 0 Å². The molecule has 0 radical (unpaired) electrons. The van der Waals surface area contributed by atoms with Crippen LogP contribution in [-0.4, -0.2) is 49.1 Å². The average molecular weight is 255 g/mol. The van der Waals surface area contributed by atoms with Gasteiger partial charge < -0.3 is 19.4 Å². The topological polar surface area (TPSA) is 48.3 Å². The first-order valence-corrected chi connectivity index (χ1v) is 6.54. The number of hydrogen-bond donors (Lipinski definition) is 1. The van der Waals surface area contributed by atoms with Gasteiger partial charge in [0.25, 0.3) is 0 Å². The maximum atomic E-state index is 5.51. The molecular weight excluding hydrogens is 230 g/mol. The van der Waals surface area contributed by atoms with Crippen molar-refractivity contribution in [1.82, 2.24) is 14.9 Å². The van der Waals surface area contributed by atoms with Crippen molar-refractivity contribution in [2.45, 2.75) is 25.8 Å². The molecule has 5 heteroatoms. The third kappa shape index (κ3) is 5.62. The van der Waals surface area contributed by atoms with E-state index in [0.717, 1.165) is 31.8 Å². The van der Waals surface area contributed by atoms with Crippen LogP contribution in [0.15, 0.2) is 12.4 Å². The summed E-state index contributed by atoms with van der Waals surface area (Å²) in [5.41, 5.74) is 0. The molecule has 1 aromatic rings. The standard InChI is InChI=1S/C13H25N3O2/c1-4-14-12(5-8-18-10-9-17-3)11-13-15-6-7-16(13)2/h6-7,12,14H,4-5,8-11H2,1-3H3. The van der Waals surface area contributed by atoms with Gasteiger partial charge in [0.1, 0.15) is 5.82 Å². The number of hydrogen-bond acceptors (Lipinski definition) is 4. The second-order valence-corrected chi connectivity index (χ2v) is 4.31. The Morgan fingerprint density at radius 3 is 2.83 bits per heavy atom. The lowest BCUT2D eigenvalue weighted by molar-refractivity contribution is 0.0658. The Balaban J connectivity index is 2.29. The molecule has 0 amide bonds. The first kappa shape index (κ1) is 15.1. The monoisotopic (exact) mass is 255 g/mol. The number of nitrogens with one attached hydrogen (secondary N) is 1. The van der Waals surface area contributed by atoms with E-state index in [1.165, 1.54) is 0 Å². The molecule has 0 aromatic carbocycles. The van der Waals surface area contributed by atoms with Crippen molar-refractivity contribution >= 4 is 0 Å². The van der Waals surface area contributed by atoms with Crippen molar-refractivity contribution in [3.63, 3.8) is 0 Å². The van der Waals surface area contributed by atoms with Crippen LogP contribution in [0.4, 0.5) is 0 Å². The summed E-state index contributed by atoms with van der Waals surface area (Å²) in [7, 11) is 3.71. The molecule has 1 N–H and O–H groups in total. The van der Waals surface area contributed by atoms with Crippen molar-refractivity contribution in [1.29, 1.82) is 0 Å². The first-order chi connectivity index (χ1) is 8.77. The van der Waals surface area contributed by atoms with Gasteiger partial charge in [0, 0.05) is 45.6 Å². The van der Waals surface area contributed by atoms with Crippen LogP contribution in [0.1, 0.15) is 19.2 Å². The highest BCUT2D eigenvalue weighted by Gasteiger charge is 2.11. The van der Waals surface area contributed by atoms with Crippen LogP contribution >= 0.6 is 0 Å². The van der Waals surface area contributed by atoms with Crippen LogP contribution in [0.25, 0.3) is 0 Å². The summed E-state index contributed by atoms with van der Waals surface area (Å²) in [6.45, 7) is 5.17. The summed E-state index contributed by atoms with van der Waals surface area (Å²) in [6.07, 6.45) is 5.75. The molecule has 0 aliphatic heterocycles. The molecule has 0 fully saturated rings. The van der Waals surface area contributed by atoms with E-state index in [4.69, 9.17) is 9.47 Å². The zero-order valence-electron chi connectivity index (χ0n) is 11.7. The molecule has 18 heavy (non-hydrogen) atoms. The first-order valence-electron chi connectivity index (χ1n) is 6.54. The van der Waals surface area contributed by atoms with Crippen molar-refractivity contribution < 1.29 is 9.47 Å². The number of methoxy groups -OCH3 is 1. The molecular formula is C13H25N3O2. The van der Waals surface area contributed by atoms with Gasteiger partial charge in [0.05, 0.1) is 13.2 Å². The van der Waals surface area contributed by atoms with Gasteiger partial charge in [-0.25, -0.2) is 4.98 Å². The van der Waals surface area contributed by atoms with Crippen molar-refractivity contribution in [3.8, 4) is 0 Å². The Labute approximate surface area is 109 Å². The number of likely N-dealkylation sites (N-methyl/N-ethyl adjacent to an activating group) is 1. The van der Waals surface area contributed by atoms with Gasteiger partial charge in [-0.05, 0) is 13.0 Å². The van der Waals surface area contributed by atoms with Crippen LogP contribution in [0.5, 0.6) is 0 Å². The number of ether oxygens (including phenoxy) is 2. The third-order valence-corrected chi connectivity index (χ3v) is 2.89. The number of aryl methyl sites for hydroxylation is 1. The van der Waals surface area contributed by atoms with Crippen molar-refractivity contribution in [2.24, 2.45) is 7.05 Å². The minimum atomic E-state index is 0.415. The van der Waals surface area contributed by atoms with Crippen LogP contribution < -0.4 is 5.32 Å². The molecule has 0 aliphatic carbocycles. The molecule has 0 saturated heterocycles. The molecule has 0 aliphatic rings. The Kier molecular flexibility index (Phi) is 7.64. The molecule has 0 spiro atoms. The van der Waals surface area contributed by atoms with Crippen molar-refractivity contribution in [2.75, 3.05) is 33.5 Å². The van der Waals surface area contributed by atoms with Gasteiger partial charge >= 0.3 is 0 Å². The summed E-state index contributed by atoms with van der Waals surface area (Å²) in [6, 6.07) is 0.415. The zero-order valence-corrected chi connectivity index (χ0v) is 11.7. The number of aromatic nitrogens is 2. The second kappa shape index (κ2) is 9.08. The molecule has 0 bridgehead atoms. The molecule has 104 valence electrons. The Morgan fingerprint density at radius 2 is 2.22 bits per heavy atom. The number of rotatable bonds is 10. The van der Waals surface area contributed by atoms with E-state index < -0.39 is 0 Å². The molecule has 1 rings (SSSR count). The molecule has 1 unspecified atom stereocenters. The van der Waals surface area contributed by atoms with Gasteiger partial charge in [-0.2, -0.15) is 0 Å². The SMILES string of the molecule is CCNC(CCOCCOC)Cc1nccn1C. The molecule has 1 heterocycles. The molecule has 5 nitrogen and oxygen atoms in total. The molecule has 1 atom stereocenters. The Bertz CT molecular complexity index is 315. The van der Waals surface area contributed by atoms with Crippen LogP contribution in [0.2, 0.25) is 0 Å². The normalized spacial score (nSPS) is 12.8. The van der Waals surface area contributed by atoms with E-state index in [1.807, 2.05) is 19.4 Å². The summed E-state index contributed by atoms with van der Waals surface area (Å²) in [5, 5.41) is 3.47. The summed E-state index contributed by atoms with van der Waals surface area (Å²) < 4.78 is 12.5. The fourth-order valence-electron chi connectivity index (χ4n) is 1.85. The van der Waals surface area contributed by atoms with E-state index in [-0.39, 0.29) is 0 Å². The van der Waals surface area contributed by atoms with E-state index in [0.29, 0.717) is 19.3 Å². The largest absolute Gasteiger partial charge is 0.382 e. The van der Waals surface area contributed by atoms with E-state index in [9.17, 15) is 0 Å². The molecule has 0 saturated carbocycles. The lowest BCUT2D eigenvalue weighted by Crippen LogP contribution is -2.33. The number of imidazole rings is 1. The lowest BCUT2D eigenvalue weighted by Gasteiger charge is -2.17. The van der Waals surface area contributed by atoms with E-state index >= 15 is 0 Å². The predicted octanol–water partition coefficient (Wildman–Crippen LogP) is 0.994. The summed E-state index contributed by atoms with van der Waals surface area (Å²) >= 11 is 0. The van der Waals surface area contributed by atoms with Crippen LogP contribution in [0.3, 0.4) is 0 Å². The molecule has 1 aromatic heterocycles. The quantitative estimate of drug-likeness (QED) is 0.634. The fourth-order valence-corrected chi connectivity index (χ4v) is 1.85. The predicted molar refractivity (Wildman–Crippen MR) is 71.7 cm³/mol. The van der Waals surface area contributed by atoms with Gasteiger partial charge in [-0.1, -0.05) is 6.92 Å². The smallest absolute Gasteiger partial charge is 0.109 e. The van der Waals surface area contributed by atoms with E-state index in [1.54, 1.807) is 7.11 Å². The summed E-state index contributed by atoms with van der Waals surface area (Å²) in [4.78, 5) is 4.36. The highest BCUT2D eigenvalue weighted by Crippen LogP contribution is 2.03. The highest BCUT2D eigenvalue weighted by atomic mass is 16.5. The summed E-state index contributed by atoms with van der Waals surface area (Å²) in [5.74, 6) is 1.11. The minimum absolute atomic E-state index is 0.415. The minimum Gasteiger partial charge on any atom is -0.382 e. The fraction of sp³-hybridized carbons (Fsp3) is 0.769. The Morgan fingerprint density at radius 1 is 1.39 bits per heavy atom. The Hall–Kier alpha value is -0.910. The number of nitrogens with zero attached hydrogens (tertiary/aromatic N) is 2. The van der Waals surface area contributed by atoms with Gasteiger partial charge in [0.15, 0.2) is 0 Å². The van der Waals surface area contributed by atoms with Crippen molar-refractivity contribution in [3.05, 3.63) is 18.2 Å². The van der Waals surface area contributed by atoms with Crippen LogP contribution in [0, 0.1) is 0 Å². The second-order valence-electron chi connectivity index (χ2n) is 4.31. The lowest BCUT2D eigenvalue weighted by atomic mass is 10.1.